The highest BCUT2D eigenvalue weighted by Gasteiger charge is 2.43. The van der Waals surface area contributed by atoms with E-state index in [1.807, 2.05) is 26.0 Å². The van der Waals surface area contributed by atoms with Gasteiger partial charge in [-0.15, -0.1) is 5.73 Å². The fourth-order valence-electron chi connectivity index (χ4n) is 3.84. The molecule has 2 aromatic rings. The lowest BCUT2D eigenvalue weighted by Gasteiger charge is -2.23. The molecular weight excluding hydrogens is 358 g/mol. The van der Waals surface area contributed by atoms with E-state index in [2.05, 4.69) is 67.5 Å². The van der Waals surface area contributed by atoms with Crippen LogP contribution in [0.4, 0.5) is 0 Å². The molecule has 1 amide bonds. The molecule has 0 radical (unpaired) electrons. The Bertz CT molecular complexity index is 980. The van der Waals surface area contributed by atoms with Crippen LogP contribution in [0.15, 0.2) is 65.8 Å². The third kappa shape index (κ3) is 4.33. The van der Waals surface area contributed by atoms with E-state index in [0.29, 0.717) is 24.8 Å². The maximum atomic E-state index is 12.9. The first kappa shape index (κ1) is 20.6. The van der Waals surface area contributed by atoms with Crippen LogP contribution < -0.4 is 5.73 Å². The Balaban J connectivity index is 1.74. The second-order valence-electron chi connectivity index (χ2n) is 8.31. The summed E-state index contributed by atoms with van der Waals surface area (Å²) in [6.45, 7) is 12.2. The van der Waals surface area contributed by atoms with Gasteiger partial charge in [0.1, 0.15) is 5.54 Å². The summed E-state index contributed by atoms with van der Waals surface area (Å²) in [5.41, 5.74) is 13.7. The molecule has 29 heavy (non-hydrogen) atoms. The Morgan fingerprint density at radius 2 is 1.69 bits per heavy atom. The molecule has 0 bridgehead atoms. The van der Waals surface area contributed by atoms with Crippen LogP contribution in [0, 0.1) is 5.92 Å². The van der Waals surface area contributed by atoms with E-state index >= 15 is 0 Å². The quantitative estimate of drug-likeness (QED) is 0.709. The van der Waals surface area contributed by atoms with Crippen LogP contribution in [0.3, 0.4) is 0 Å². The van der Waals surface area contributed by atoms with Crippen molar-refractivity contribution in [2.75, 3.05) is 0 Å². The lowest BCUT2D eigenvalue weighted by Crippen LogP contribution is -2.43. The summed E-state index contributed by atoms with van der Waals surface area (Å²) in [4.78, 5) is 19.0. The van der Waals surface area contributed by atoms with Crippen molar-refractivity contribution in [3.8, 4) is 11.1 Å². The first-order chi connectivity index (χ1) is 13.7. The smallest absolute Gasteiger partial charge is 0.257 e. The van der Waals surface area contributed by atoms with Gasteiger partial charge in [-0.2, -0.15) is 0 Å². The number of carbonyl (C=O) groups is 1. The van der Waals surface area contributed by atoms with Gasteiger partial charge in [-0.1, -0.05) is 69.0 Å². The largest absolute Gasteiger partial charge is 0.369 e. The van der Waals surface area contributed by atoms with Crippen LogP contribution in [-0.2, 0) is 11.3 Å². The summed E-state index contributed by atoms with van der Waals surface area (Å²) < 4.78 is 0. The first-order valence-corrected chi connectivity index (χ1v) is 9.97. The third-order valence-corrected chi connectivity index (χ3v) is 5.36. The molecule has 1 unspecified atom stereocenters. The Hall–Kier alpha value is -3.10. The van der Waals surface area contributed by atoms with Crippen molar-refractivity contribution in [1.29, 1.82) is 0 Å². The van der Waals surface area contributed by atoms with Crippen molar-refractivity contribution in [2.24, 2.45) is 16.6 Å². The molecule has 0 spiro atoms. The third-order valence-electron chi connectivity index (χ3n) is 5.36. The molecule has 4 nitrogen and oxygen atoms in total. The van der Waals surface area contributed by atoms with Crippen LogP contribution in [0.2, 0.25) is 0 Å². The van der Waals surface area contributed by atoms with E-state index in [0.717, 1.165) is 27.8 Å². The minimum absolute atomic E-state index is 0.0194. The number of hydrogen-bond acceptors (Lipinski definition) is 3. The number of aliphatic imine (C=N–C) groups is 1. The van der Waals surface area contributed by atoms with Crippen molar-refractivity contribution in [3.63, 3.8) is 0 Å². The van der Waals surface area contributed by atoms with E-state index in [1.54, 1.807) is 4.90 Å². The summed E-state index contributed by atoms with van der Waals surface area (Å²) >= 11 is 0. The van der Waals surface area contributed by atoms with Crippen LogP contribution in [0.5, 0.6) is 0 Å². The number of hydrogen-bond donors (Lipinski definition) is 1. The summed E-state index contributed by atoms with van der Waals surface area (Å²) in [7, 11) is 0. The van der Waals surface area contributed by atoms with Crippen LogP contribution >= 0.6 is 0 Å². The zero-order chi connectivity index (χ0) is 21.2. The minimum atomic E-state index is -0.752. The summed E-state index contributed by atoms with van der Waals surface area (Å²) in [5.74, 6) is 0.661. The Morgan fingerprint density at radius 1 is 1.14 bits per heavy atom. The van der Waals surface area contributed by atoms with Gasteiger partial charge in [0.15, 0.2) is 5.96 Å². The number of rotatable bonds is 6. The van der Waals surface area contributed by atoms with E-state index in [1.165, 1.54) is 0 Å². The minimum Gasteiger partial charge on any atom is -0.369 e. The van der Waals surface area contributed by atoms with E-state index in [9.17, 15) is 4.79 Å². The van der Waals surface area contributed by atoms with E-state index in [4.69, 9.17) is 5.73 Å². The standard InChI is InChI=1S/C25H29N3O/c1-6-18(4)20-11-13-22(14-12-20)21-9-7-19(8-10-21)16-28-23(29)25(5,15-17(2)3)27-24(28)26/h7-14,17H,1,15-16H2,2-5H3,(H2,26,27). The van der Waals surface area contributed by atoms with Gasteiger partial charge >= 0.3 is 0 Å². The van der Waals surface area contributed by atoms with Crippen LogP contribution in [0.1, 0.15) is 45.2 Å². The van der Waals surface area contributed by atoms with Crippen molar-refractivity contribution < 1.29 is 4.79 Å². The van der Waals surface area contributed by atoms with Gasteiger partial charge in [0.25, 0.3) is 5.91 Å². The van der Waals surface area contributed by atoms with Gasteiger partial charge < -0.3 is 5.73 Å². The van der Waals surface area contributed by atoms with E-state index in [-0.39, 0.29) is 5.91 Å². The first-order valence-electron chi connectivity index (χ1n) is 9.97. The highest BCUT2D eigenvalue weighted by Crippen LogP contribution is 2.30. The maximum Gasteiger partial charge on any atom is 0.257 e. The van der Waals surface area contributed by atoms with Crippen molar-refractivity contribution in [2.45, 2.75) is 46.2 Å². The molecule has 0 aliphatic carbocycles. The number of carbonyl (C=O) groups excluding carboxylic acids is 1. The Morgan fingerprint density at radius 3 is 2.21 bits per heavy atom. The Labute approximate surface area is 173 Å². The molecular formula is C25H29N3O. The number of benzene rings is 2. The monoisotopic (exact) mass is 387 g/mol. The van der Waals surface area contributed by atoms with Gasteiger partial charge in [0.2, 0.25) is 0 Å². The fraction of sp³-hybridized carbons (Fsp3) is 0.320. The maximum absolute atomic E-state index is 12.9. The molecule has 1 aliphatic rings. The van der Waals surface area contributed by atoms with Crippen molar-refractivity contribution >= 4 is 17.4 Å². The summed E-state index contributed by atoms with van der Waals surface area (Å²) in [6.07, 6.45) is 0.693. The van der Waals surface area contributed by atoms with Crippen molar-refractivity contribution in [3.05, 3.63) is 72.0 Å². The molecule has 150 valence electrons. The Kier molecular flexibility index (Phi) is 5.76. The SMILES string of the molecule is C=C=C(C)c1ccc(-c2ccc(CN3C(=O)C(C)(CC(C)C)N=C3N)cc2)cc1. The molecule has 0 saturated carbocycles. The predicted molar refractivity (Wildman–Crippen MR) is 120 cm³/mol. The highest BCUT2D eigenvalue weighted by molar-refractivity contribution is 6.06. The molecule has 1 aliphatic heterocycles. The lowest BCUT2D eigenvalue weighted by molar-refractivity contribution is -0.131. The molecule has 1 heterocycles. The fourth-order valence-corrected chi connectivity index (χ4v) is 3.84. The number of allylic oxidation sites excluding steroid dienone is 1. The average Bonchev–Trinajstić information content (AvgIpc) is 2.90. The van der Waals surface area contributed by atoms with Gasteiger partial charge in [0, 0.05) is 0 Å². The second kappa shape index (κ2) is 8.10. The van der Waals surface area contributed by atoms with Crippen molar-refractivity contribution in [1.82, 2.24) is 4.90 Å². The lowest BCUT2D eigenvalue weighted by atomic mass is 9.91. The molecule has 0 saturated heterocycles. The van der Waals surface area contributed by atoms with Gasteiger partial charge in [0.05, 0.1) is 6.54 Å². The normalized spacial score (nSPS) is 18.7. The van der Waals surface area contributed by atoms with Crippen LogP contribution in [0.25, 0.3) is 16.7 Å². The zero-order valence-corrected chi connectivity index (χ0v) is 17.7. The number of guanidine groups is 1. The second-order valence-corrected chi connectivity index (χ2v) is 8.31. The average molecular weight is 388 g/mol. The topological polar surface area (TPSA) is 58.7 Å². The highest BCUT2D eigenvalue weighted by atomic mass is 16.2. The molecule has 0 aromatic heterocycles. The number of nitrogens with zero attached hydrogens (tertiary/aromatic N) is 2. The predicted octanol–water partition coefficient (Wildman–Crippen LogP) is 5.00. The van der Waals surface area contributed by atoms with Crippen LogP contribution in [-0.4, -0.2) is 22.3 Å². The molecule has 3 rings (SSSR count). The molecule has 0 fully saturated rings. The molecule has 2 N–H and O–H groups in total. The van der Waals surface area contributed by atoms with E-state index < -0.39 is 5.54 Å². The summed E-state index contributed by atoms with van der Waals surface area (Å²) in [6, 6.07) is 16.6. The number of amides is 1. The summed E-state index contributed by atoms with van der Waals surface area (Å²) in [5, 5.41) is 0. The number of nitrogens with two attached hydrogens (primary N) is 1. The van der Waals surface area contributed by atoms with Gasteiger partial charge in [-0.3, -0.25) is 9.69 Å². The van der Waals surface area contributed by atoms with Gasteiger partial charge in [-0.25, -0.2) is 4.99 Å². The molecule has 4 heteroatoms. The molecule has 2 aromatic carbocycles. The molecule has 1 atom stereocenters. The zero-order valence-electron chi connectivity index (χ0n) is 17.7. The van der Waals surface area contributed by atoms with Gasteiger partial charge in [-0.05, 0) is 54.0 Å².